The highest BCUT2D eigenvalue weighted by molar-refractivity contribution is 5.93. The van der Waals surface area contributed by atoms with Crippen LogP contribution in [0, 0.1) is 5.82 Å². The molecule has 1 rings (SSSR count). The van der Waals surface area contributed by atoms with Gasteiger partial charge in [0.1, 0.15) is 5.82 Å². The first kappa shape index (κ1) is 13.4. The minimum absolute atomic E-state index is 0.0960. The smallest absolute Gasteiger partial charge is 0.226 e. The molecule has 0 spiro atoms. The Hall–Kier alpha value is -1.62. The summed E-state index contributed by atoms with van der Waals surface area (Å²) < 4.78 is 18.0. The minimum atomic E-state index is -0.427. The van der Waals surface area contributed by atoms with Crippen LogP contribution in [0.2, 0.25) is 0 Å². The van der Waals surface area contributed by atoms with Gasteiger partial charge in [-0.3, -0.25) is 4.79 Å². The van der Waals surface area contributed by atoms with E-state index >= 15 is 0 Å². The fraction of sp³-hybridized carbons (Fsp3) is 0.417. The third-order valence-corrected chi connectivity index (χ3v) is 2.07. The van der Waals surface area contributed by atoms with E-state index in [0.29, 0.717) is 12.3 Å². The number of halogens is 1. The third-order valence-electron chi connectivity index (χ3n) is 2.07. The molecule has 0 aliphatic heterocycles. The zero-order valence-corrected chi connectivity index (χ0v) is 10.00. The van der Waals surface area contributed by atoms with E-state index in [1.165, 1.54) is 18.2 Å². The summed E-state index contributed by atoms with van der Waals surface area (Å²) in [6.45, 7) is 4.15. The van der Waals surface area contributed by atoms with Crippen LogP contribution in [-0.2, 0) is 9.53 Å². The molecule has 0 saturated carbocycles. The Morgan fingerprint density at radius 1 is 1.53 bits per heavy atom. The summed E-state index contributed by atoms with van der Waals surface area (Å²) in [7, 11) is 0. The van der Waals surface area contributed by atoms with Gasteiger partial charge < -0.3 is 15.8 Å². The molecule has 0 bridgehead atoms. The average molecular weight is 240 g/mol. The summed E-state index contributed by atoms with van der Waals surface area (Å²) in [5.41, 5.74) is 6.19. The summed E-state index contributed by atoms with van der Waals surface area (Å²) in [5.74, 6) is -0.632. The normalized spacial score (nSPS) is 10.6. The van der Waals surface area contributed by atoms with Gasteiger partial charge in [0.15, 0.2) is 0 Å². The van der Waals surface area contributed by atoms with Crippen molar-refractivity contribution in [2.75, 3.05) is 17.7 Å². The first-order valence-corrected chi connectivity index (χ1v) is 5.45. The number of carbonyl (C=O) groups excluding carboxylic acids is 1. The van der Waals surface area contributed by atoms with Gasteiger partial charge in [0.05, 0.1) is 30.5 Å². The lowest BCUT2D eigenvalue weighted by atomic mass is 10.2. The quantitative estimate of drug-likeness (QED) is 0.775. The molecule has 0 heterocycles. The van der Waals surface area contributed by atoms with E-state index in [2.05, 4.69) is 5.32 Å². The summed E-state index contributed by atoms with van der Waals surface area (Å²) in [6, 6.07) is 3.85. The van der Waals surface area contributed by atoms with Crippen molar-refractivity contribution in [1.82, 2.24) is 0 Å². The number of carbonyl (C=O) groups is 1. The van der Waals surface area contributed by atoms with E-state index < -0.39 is 5.82 Å². The van der Waals surface area contributed by atoms with E-state index in [-0.39, 0.29) is 24.1 Å². The molecule has 1 amide bonds. The predicted octanol–water partition coefficient (Wildman–Crippen LogP) is 2.16. The van der Waals surface area contributed by atoms with Gasteiger partial charge >= 0.3 is 0 Å². The van der Waals surface area contributed by atoms with Crippen LogP contribution in [0.15, 0.2) is 18.2 Å². The number of amides is 1. The van der Waals surface area contributed by atoms with Gasteiger partial charge in [-0.15, -0.1) is 0 Å². The molecular formula is C12H17FN2O2. The van der Waals surface area contributed by atoms with Crippen molar-refractivity contribution in [3.63, 3.8) is 0 Å². The molecule has 3 N–H and O–H groups in total. The summed E-state index contributed by atoms with van der Waals surface area (Å²) in [6.07, 6.45) is 0.341. The number of nitrogen functional groups attached to an aromatic ring is 1. The standard InChI is InChI=1S/C12H17FN2O2/c1-8(2)17-6-5-12(16)15-11-4-3-9(13)7-10(11)14/h3-4,7-8H,5-6,14H2,1-2H3,(H,15,16). The van der Waals surface area contributed by atoms with Gasteiger partial charge in [-0.05, 0) is 32.0 Å². The highest BCUT2D eigenvalue weighted by atomic mass is 19.1. The molecule has 5 heteroatoms. The Kier molecular flexibility index (Phi) is 4.90. The molecule has 4 nitrogen and oxygen atoms in total. The van der Waals surface area contributed by atoms with Crippen molar-refractivity contribution in [2.45, 2.75) is 26.4 Å². The molecule has 1 aromatic carbocycles. The number of rotatable bonds is 5. The molecule has 0 aliphatic rings. The van der Waals surface area contributed by atoms with Crippen molar-refractivity contribution in [3.8, 4) is 0 Å². The van der Waals surface area contributed by atoms with Crippen LogP contribution in [-0.4, -0.2) is 18.6 Å². The maximum atomic E-state index is 12.8. The van der Waals surface area contributed by atoms with Gasteiger partial charge in [-0.1, -0.05) is 0 Å². The monoisotopic (exact) mass is 240 g/mol. The summed E-state index contributed by atoms with van der Waals surface area (Å²) in [5, 5.41) is 2.60. The first-order valence-electron chi connectivity index (χ1n) is 5.45. The minimum Gasteiger partial charge on any atom is -0.397 e. The molecule has 0 unspecified atom stereocenters. The average Bonchev–Trinajstić information content (AvgIpc) is 2.21. The zero-order valence-electron chi connectivity index (χ0n) is 10.00. The summed E-state index contributed by atoms with van der Waals surface area (Å²) in [4.78, 5) is 11.5. The van der Waals surface area contributed by atoms with E-state index in [4.69, 9.17) is 10.5 Å². The van der Waals surface area contributed by atoms with Crippen LogP contribution in [0.1, 0.15) is 20.3 Å². The van der Waals surface area contributed by atoms with Crippen LogP contribution in [0.5, 0.6) is 0 Å². The van der Waals surface area contributed by atoms with Crippen LogP contribution >= 0.6 is 0 Å². The fourth-order valence-corrected chi connectivity index (χ4v) is 1.25. The maximum absolute atomic E-state index is 12.8. The predicted molar refractivity (Wildman–Crippen MR) is 65.1 cm³/mol. The fourth-order valence-electron chi connectivity index (χ4n) is 1.25. The van der Waals surface area contributed by atoms with Crippen molar-refractivity contribution < 1.29 is 13.9 Å². The molecule has 0 fully saturated rings. The van der Waals surface area contributed by atoms with Gasteiger partial charge in [0.25, 0.3) is 0 Å². The van der Waals surface area contributed by atoms with E-state index in [1.54, 1.807) is 0 Å². The second-order valence-electron chi connectivity index (χ2n) is 3.95. The van der Waals surface area contributed by atoms with E-state index in [0.717, 1.165) is 0 Å². The number of nitrogens with two attached hydrogens (primary N) is 1. The first-order chi connectivity index (χ1) is 7.99. The second kappa shape index (κ2) is 6.20. The topological polar surface area (TPSA) is 64.3 Å². The molecule has 0 atom stereocenters. The SMILES string of the molecule is CC(C)OCCC(=O)Nc1ccc(F)cc1N. The van der Waals surface area contributed by atoms with E-state index in [1.807, 2.05) is 13.8 Å². The number of nitrogens with one attached hydrogen (secondary N) is 1. The molecule has 0 aromatic heterocycles. The van der Waals surface area contributed by atoms with Gasteiger partial charge in [0.2, 0.25) is 5.91 Å². The lowest BCUT2D eigenvalue weighted by molar-refractivity contribution is -0.117. The Bertz CT molecular complexity index is 394. The van der Waals surface area contributed by atoms with Gasteiger partial charge in [-0.25, -0.2) is 4.39 Å². The number of hydrogen-bond acceptors (Lipinski definition) is 3. The highest BCUT2D eigenvalue weighted by Gasteiger charge is 2.06. The van der Waals surface area contributed by atoms with Crippen LogP contribution in [0.4, 0.5) is 15.8 Å². The molecule has 0 radical (unpaired) electrons. The molecule has 1 aromatic rings. The number of hydrogen-bond donors (Lipinski definition) is 2. The molecule has 0 aliphatic carbocycles. The van der Waals surface area contributed by atoms with Crippen molar-refractivity contribution in [3.05, 3.63) is 24.0 Å². The van der Waals surface area contributed by atoms with Crippen molar-refractivity contribution in [1.29, 1.82) is 0 Å². The van der Waals surface area contributed by atoms with Crippen LogP contribution in [0.3, 0.4) is 0 Å². The Balaban J connectivity index is 2.45. The molecular weight excluding hydrogens is 223 g/mol. The zero-order chi connectivity index (χ0) is 12.8. The molecule has 0 saturated heterocycles. The van der Waals surface area contributed by atoms with Gasteiger partial charge in [0, 0.05) is 0 Å². The number of ether oxygens (including phenoxy) is 1. The maximum Gasteiger partial charge on any atom is 0.226 e. The Morgan fingerprint density at radius 3 is 2.82 bits per heavy atom. The lowest BCUT2D eigenvalue weighted by Gasteiger charge is -2.09. The number of anilines is 2. The van der Waals surface area contributed by atoms with Gasteiger partial charge in [-0.2, -0.15) is 0 Å². The summed E-state index contributed by atoms with van der Waals surface area (Å²) >= 11 is 0. The van der Waals surface area contributed by atoms with Crippen LogP contribution < -0.4 is 11.1 Å². The Labute approximate surface area is 100.0 Å². The van der Waals surface area contributed by atoms with E-state index in [9.17, 15) is 9.18 Å². The third kappa shape index (κ3) is 4.82. The lowest BCUT2D eigenvalue weighted by Crippen LogP contribution is -2.16. The van der Waals surface area contributed by atoms with Crippen molar-refractivity contribution in [2.24, 2.45) is 0 Å². The number of benzene rings is 1. The largest absolute Gasteiger partial charge is 0.397 e. The second-order valence-corrected chi connectivity index (χ2v) is 3.95. The molecule has 17 heavy (non-hydrogen) atoms. The molecule has 94 valence electrons. The van der Waals surface area contributed by atoms with Crippen LogP contribution in [0.25, 0.3) is 0 Å². The van der Waals surface area contributed by atoms with Crippen molar-refractivity contribution >= 4 is 17.3 Å². The Morgan fingerprint density at radius 2 is 2.24 bits per heavy atom. The highest BCUT2D eigenvalue weighted by Crippen LogP contribution is 2.19.